The van der Waals surface area contributed by atoms with Gasteiger partial charge in [-0.2, -0.15) is 4.98 Å². The molecule has 0 aliphatic heterocycles. The SMILES string of the molecule is O=C(O)c1nccnc1C(=O)NCc1nc(-c2cnccn2)no1. The van der Waals surface area contributed by atoms with Crippen molar-refractivity contribution < 1.29 is 19.2 Å². The molecule has 3 heterocycles. The summed E-state index contributed by atoms with van der Waals surface area (Å²) in [6, 6.07) is 0. The lowest BCUT2D eigenvalue weighted by molar-refractivity contribution is 0.0683. The van der Waals surface area contributed by atoms with Gasteiger partial charge < -0.3 is 14.9 Å². The van der Waals surface area contributed by atoms with E-state index >= 15 is 0 Å². The number of nitrogens with one attached hydrogen (secondary N) is 1. The van der Waals surface area contributed by atoms with E-state index in [1.807, 2.05) is 0 Å². The number of hydrogen-bond acceptors (Lipinski definition) is 9. The molecule has 3 aromatic heterocycles. The smallest absolute Gasteiger partial charge is 0.356 e. The number of rotatable bonds is 5. The molecule has 0 spiro atoms. The van der Waals surface area contributed by atoms with Crippen molar-refractivity contribution in [1.29, 1.82) is 0 Å². The van der Waals surface area contributed by atoms with Gasteiger partial charge in [-0.3, -0.25) is 9.78 Å². The second-order valence-corrected chi connectivity index (χ2v) is 4.34. The summed E-state index contributed by atoms with van der Waals surface area (Å²) < 4.78 is 4.99. The highest BCUT2D eigenvalue weighted by Gasteiger charge is 2.20. The molecule has 24 heavy (non-hydrogen) atoms. The van der Waals surface area contributed by atoms with E-state index in [2.05, 4.69) is 35.4 Å². The van der Waals surface area contributed by atoms with Gasteiger partial charge in [0, 0.05) is 24.8 Å². The van der Waals surface area contributed by atoms with Crippen molar-refractivity contribution in [3.8, 4) is 11.5 Å². The zero-order chi connectivity index (χ0) is 16.9. The van der Waals surface area contributed by atoms with Crippen LogP contribution in [0.1, 0.15) is 26.9 Å². The number of carbonyl (C=O) groups is 2. The first kappa shape index (κ1) is 15.1. The Hall–Kier alpha value is -3.76. The molecule has 0 saturated heterocycles. The summed E-state index contributed by atoms with van der Waals surface area (Å²) in [4.78, 5) is 42.3. The molecule has 0 bridgehead atoms. The lowest BCUT2D eigenvalue weighted by Crippen LogP contribution is -2.26. The Labute approximate surface area is 133 Å². The third-order valence-corrected chi connectivity index (χ3v) is 2.78. The van der Waals surface area contributed by atoms with Crippen LogP contribution in [0.15, 0.2) is 35.5 Å². The Morgan fingerprint density at radius 1 is 1.08 bits per heavy atom. The Morgan fingerprint density at radius 2 is 1.83 bits per heavy atom. The first-order valence-electron chi connectivity index (χ1n) is 6.56. The number of carboxylic acids is 1. The number of carboxylic acid groups (broad SMARTS) is 1. The van der Waals surface area contributed by atoms with Crippen molar-refractivity contribution in [3.05, 3.63) is 48.3 Å². The predicted molar refractivity (Wildman–Crippen MR) is 75.5 cm³/mol. The van der Waals surface area contributed by atoms with Gasteiger partial charge in [-0.1, -0.05) is 5.16 Å². The van der Waals surface area contributed by atoms with E-state index in [9.17, 15) is 9.59 Å². The van der Waals surface area contributed by atoms with Gasteiger partial charge in [-0.15, -0.1) is 0 Å². The van der Waals surface area contributed by atoms with Crippen molar-refractivity contribution in [1.82, 2.24) is 35.4 Å². The molecule has 0 aliphatic rings. The molecule has 3 rings (SSSR count). The van der Waals surface area contributed by atoms with Crippen LogP contribution in [0, 0.1) is 0 Å². The van der Waals surface area contributed by atoms with E-state index in [1.54, 1.807) is 0 Å². The Balaban J connectivity index is 1.70. The van der Waals surface area contributed by atoms with E-state index in [0.717, 1.165) is 0 Å². The van der Waals surface area contributed by atoms with E-state index in [1.165, 1.54) is 31.0 Å². The van der Waals surface area contributed by atoms with Crippen LogP contribution in [0.4, 0.5) is 0 Å². The average molecular weight is 327 g/mol. The highest BCUT2D eigenvalue weighted by molar-refractivity contribution is 6.01. The zero-order valence-electron chi connectivity index (χ0n) is 11.9. The van der Waals surface area contributed by atoms with E-state index in [-0.39, 0.29) is 24.0 Å². The van der Waals surface area contributed by atoms with Gasteiger partial charge in [0.2, 0.25) is 11.7 Å². The molecule has 11 heteroatoms. The maximum absolute atomic E-state index is 12.0. The first-order chi connectivity index (χ1) is 11.6. The maximum atomic E-state index is 12.0. The Kier molecular flexibility index (Phi) is 4.14. The van der Waals surface area contributed by atoms with Gasteiger partial charge in [-0.25, -0.2) is 19.7 Å². The second kappa shape index (κ2) is 6.56. The van der Waals surface area contributed by atoms with Crippen molar-refractivity contribution >= 4 is 11.9 Å². The first-order valence-corrected chi connectivity index (χ1v) is 6.56. The zero-order valence-corrected chi connectivity index (χ0v) is 11.9. The van der Waals surface area contributed by atoms with Crippen LogP contribution >= 0.6 is 0 Å². The predicted octanol–water partition coefficient (Wildman–Crippen LogP) is -0.0552. The van der Waals surface area contributed by atoms with Crippen molar-refractivity contribution in [2.75, 3.05) is 0 Å². The molecule has 0 radical (unpaired) electrons. The van der Waals surface area contributed by atoms with Crippen molar-refractivity contribution in [3.63, 3.8) is 0 Å². The molecule has 0 atom stereocenters. The molecule has 2 N–H and O–H groups in total. The molecule has 0 saturated carbocycles. The number of aromatic nitrogens is 6. The average Bonchev–Trinajstić information content (AvgIpc) is 3.09. The maximum Gasteiger partial charge on any atom is 0.356 e. The molecule has 0 aliphatic carbocycles. The highest BCUT2D eigenvalue weighted by Crippen LogP contribution is 2.10. The van der Waals surface area contributed by atoms with Gasteiger partial charge in [0.25, 0.3) is 5.91 Å². The molecule has 0 aromatic carbocycles. The molecule has 11 nitrogen and oxygen atoms in total. The lowest BCUT2D eigenvalue weighted by atomic mass is 10.3. The number of nitrogens with zero attached hydrogens (tertiary/aromatic N) is 6. The minimum Gasteiger partial charge on any atom is -0.476 e. The quantitative estimate of drug-likeness (QED) is 0.650. The minimum atomic E-state index is -1.35. The van der Waals surface area contributed by atoms with Gasteiger partial charge in [-0.05, 0) is 0 Å². The molecular weight excluding hydrogens is 318 g/mol. The molecule has 1 amide bonds. The van der Waals surface area contributed by atoms with Crippen LogP contribution in [-0.2, 0) is 6.54 Å². The monoisotopic (exact) mass is 327 g/mol. The lowest BCUT2D eigenvalue weighted by Gasteiger charge is -2.03. The van der Waals surface area contributed by atoms with Crippen LogP contribution in [-0.4, -0.2) is 47.1 Å². The third-order valence-electron chi connectivity index (χ3n) is 2.78. The Morgan fingerprint density at radius 3 is 2.54 bits per heavy atom. The van der Waals surface area contributed by atoms with Crippen molar-refractivity contribution in [2.45, 2.75) is 6.54 Å². The molecular formula is C13H9N7O4. The van der Waals surface area contributed by atoms with E-state index in [4.69, 9.17) is 9.63 Å². The van der Waals surface area contributed by atoms with Gasteiger partial charge in [0.15, 0.2) is 11.4 Å². The summed E-state index contributed by atoms with van der Waals surface area (Å²) >= 11 is 0. The molecule has 0 unspecified atom stereocenters. The molecule has 3 aromatic rings. The molecule has 120 valence electrons. The van der Waals surface area contributed by atoms with Crippen LogP contribution < -0.4 is 5.32 Å². The van der Waals surface area contributed by atoms with Gasteiger partial charge >= 0.3 is 5.97 Å². The fraction of sp³-hybridized carbons (Fsp3) is 0.0769. The summed E-state index contributed by atoms with van der Waals surface area (Å²) in [7, 11) is 0. The third kappa shape index (κ3) is 3.19. The van der Waals surface area contributed by atoms with Crippen LogP contribution in [0.25, 0.3) is 11.5 Å². The second-order valence-electron chi connectivity index (χ2n) is 4.34. The number of hydrogen-bond donors (Lipinski definition) is 2. The molecule has 0 fully saturated rings. The standard InChI is InChI=1S/C13H9N7O4/c21-12(9-10(13(22)23)17-4-3-16-9)18-6-8-19-11(20-24-8)7-5-14-1-2-15-7/h1-5H,6H2,(H,18,21)(H,22,23). The summed E-state index contributed by atoms with van der Waals surface area (Å²) in [6.45, 7) is -0.109. The Bertz CT molecular complexity index is 881. The fourth-order valence-electron chi connectivity index (χ4n) is 1.75. The normalized spacial score (nSPS) is 10.3. The van der Waals surface area contributed by atoms with Crippen LogP contribution in [0.2, 0.25) is 0 Å². The van der Waals surface area contributed by atoms with E-state index in [0.29, 0.717) is 5.69 Å². The summed E-state index contributed by atoms with van der Waals surface area (Å²) in [6.07, 6.45) is 6.86. The summed E-state index contributed by atoms with van der Waals surface area (Å²) in [5.74, 6) is -1.74. The number of carbonyl (C=O) groups excluding carboxylic acids is 1. The highest BCUT2D eigenvalue weighted by atomic mass is 16.5. The topological polar surface area (TPSA) is 157 Å². The number of aromatic carboxylic acids is 1. The van der Waals surface area contributed by atoms with Gasteiger partial charge in [0.1, 0.15) is 5.69 Å². The fourth-order valence-corrected chi connectivity index (χ4v) is 1.75. The van der Waals surface area contributed by atoms with Crippen LogP contribution in [0.5, 0.6) is 0 Å². The van der Waals surface area contributed by atoms with Gasteiger partial charge in [0.05, 0.1) is 12.7 Å². The van der Waals surface area contributed by atoms with Crippen molar-refractivity contribution in [2.24, 2.45) is 0 Å². The summed E-state index contributed by atoms with van der Waals surface area (Å²) in [5.41, 5.74) is -0.333. The van der Waals surface area contributed by atoms with E-state index < -0.39 is 17.6 Å². The summed E-state index contributed by atoms with van der Waals surface area (Å²) in [5, 5.41) is 15.2. The number of amides is 1. The van der Waals surface area contributed by atoms with Crippen LogP contribution in [0.3, 0.4) is 0 Å². The minimum absolute atomic E-state index is 0.109. The largest absolute Gasteiger partial charge is 0.476 e.